The number of hydrogen-bond acceptors (Lipinski definition) is 3. The molecule has 3 heteroatoms. The van der Waals surface area contributed by atoms with Gasteiger partial charge in [0.25, 0.3) is 0 Å². The van der Waals surface area contributed by atoms with E-state index < -0.39 is 0 Å². The predicted octanol–water partition coefficient (Wildman–Crippen LogP) is 2.09. The Hall–Kier alpha value is -1.09. The average Bonchev–Trinajstić information content (AvgIpc) is 2.71. The van der Waals surface area contributed by atoms with Gasteiger partial charge in [-0.15, -0.1) is 0 Å². The Morgan fingerprint density at radius 1 is 1.25 bits per heavy atom. The zero-order valence-corrected chi connectivity index (χ0v) is 9.48. The fourth-order valence-corrected chi connectivity index (χ4v) is 2.49. The molecule has 0 radical (unpaired) electrons. The molecule has 1 aliphatic heterocycles. The number of rotatable bonds is 3. The molecule has 2 aliphatic rings. The number of hydrogen-bond donors (Lipinski definition) is 1. The van der Waals surface area contributed by atoms with Crippen LogP contribution in [0, 0.1) is 0 Å². The molecule has 0 amide bonds. The average molecular weight is 218 g/mol. The highest BCUT2D eigenvalue weighted by Gasteiger charge is 2.25. The summed E-state index contributed by atoms with van der Waals surface area (Å²) in [5.74, 6) is 1.48. The zero-order chi connectivity index (χ0) is 10.8. The molecule has 0 atom stereocenters. The zero-order valence-electron chi connectivity index (χ0n) is 9.48. The summed E-state index contributed by atoms with van der Waals surface area (Å²) >= 11 is 0. The van der Waals surface area contributed by atoms with Crippen molar-refractivity contribution in [2.45, 2.75) is 37.7 Å². The summed E-state index contributed by atoms with van der Waals surface area (Å²) in [7, 11) is 0. The molecule has 16 heavy (non-hydrogen) atoms. The molecule has 0 spiro atoms. The third kappa shape index (κ3) is 1.92. The first-order valence-corrected chi connectivity index (χ1v) is 6.26. The van der Waals surface area contributed by atoms with Crippen LogP contribution in [0.4, 0.5) is 0 Å². The molecule has 86 valence electrons. The van der Waals surface area contributed by atoms with Gasteiger partial charge in [0, 0.05) is 30.8 Å². The van der Waals surface area contributed by atoms with Gasteiger partial charge in [-0.2, -0.15) is 0 Å². The van der Waals surface area contributed by atoms with Crippen LogP contribution in [0.25, 0.3) is 0 Å². The molecule has 1 saturated heterocycles. The van der Waals surface area contributed by atoms with Crippen molar-refractivity contribution in [3.63, 3.8) is 0 Å². The summed E-state index contributed by atoms with van der Waals surface area (Å²) in [4.78, 5) is 4.40. The van der Waals surface area contributed by atoms with E-state index in [1.807, 2.05) is 12.3 Å². The normalized spacial score (nSPS) is 22.0. The summed E-state index contributed by atoms with van der Waals surface area (Å²) in [6.07, 6.45) is 7.23. The van der Waals surface area contributed by atoms with E-state index in [0.29, 0.717) is 12.0 Å². The summed E-state index contributed by atoms with van der Waals surface area (Å²) in [5, 5.41) is 3.30. The van der Waals surface area contributed by atoms with Crippen LogP contribution in [0.15, 0.2) is 18.3 Å². The highest BCUT2D eigenvalue weighted by Crippen LogP contribution is 2.30. The largest absolute Gasteiger partial charge is 0.474 e. The van der Waals surface area contributed by atoms with E-state index >= 15 is 0 Å². The quantitative estimate of drug-likeness (QED) is 0.843. The number of ether oxygens (including phenoxy) is 1. The topological polar surface area (TPSA) is 34.1 Å². The first-order valence-electron chi connectivity index (χ1n) is 6.26. The van der Waals surface area contributed by atoms with Gasteiger partial charge in [0.05, 0.1) is 0 Å². The lowest BCUT2D eigenvalue weighted by Crippen LogP contribution is -2.40. The van der Waals surface area contributed by atoms with Crippen LogP contribution in [0.3, 0.4) is 0 Å². The van der Waals surface area contributed by atoms with Crippen LogP contribution in [-0.2, 0) is 0 Å². The van der Waals surface area contributed by atoms with Crippen LogP contribution in [0.5, 0.6) is 5.88 Å². The standard InChI is InChI=1S/C13H18N2O/c1-2-5-11(4-1)16-13-12(6-3-7-15-13)10-8-14-9-10/h3,6-7,10-11,14H,1-2,4-5,8-9H2. The molecule has 3 nitrogen and oxygen atoms in total. The van der Waals surface area contributed by atoms with Gasteiger partial charge < -0.3 is 10.1 Å². The second kappa shape index (κ2) is 4.42. The first kappa shape index (κ1) is 10.1. The van der Waals surface area contributed by atoms with Crippen LogP contribution in [-0.4, -0.2) is 24.2 Å². The maximum Gasteiger partial charge on any atom is 0.217 e. The lowest BCUT2D eigenvalue weighted by atomic mass is 9.95. The molecular formula is C13H18N2O. The minimum absolute atomic E-state index is 0.404. The summed E-state index contributed by atoms with van der Waals surface area (Å²) in [6.45, 7) is 2.12. The second-order valence-electron chi connectivity index (χ2n) is 4.78. The third-order valence-corrected chi connectivity index (χ3v) is 3.60. The molecule has 0 bridgehead atoms. The molecule has 1 saturated carbocycles. The van der Waals surface area contributed by atoms with Gasteiger partial charge in [0.15, 0.2) is 0 Å². The first-order chi connectivity index (χ1) is 7.93. The van der Waals surface area contributed by atoms with Crippen LogP contribution in [0.1, 0.15) is 37.2 Å². The number of nitrogens with zero attached hydrogens (tertiary/aromatic N) is 1. The van der Waals surface area contributed by atoms with Gasteiger partial charge in [0.2, 0.25) is 5.88 Å². The van der Waals surface area contributed by atoms with Crippen LogP contribution >= 0.6 is 0 Å². The molecule has 0 aromatic carbocycles. The number of nitrogens with one attached hydrogen (secondary N) is 1. The minimum atomic E-state index is 0.404. The van der Waals surface area contributed by atoms with Gasteiger partial charge in [-0.05, 0) is 31.7 Å². The Morgan fingerprint density at radius 3 is 2.75 bits per heavy atom. The molecule has 1 aromatic rings. The second-order valence-corrected chi connectivity index (χ2v) is 4.78. The Balaban J connectivity index is 1.76. The highest BCUT2D eigenvalue weighted by molar-refractivity contribution is 5.31. The Bertz CT molecular complexity index is 357. The smallest absolute Gasteiger partial charge is 0.217 e. The van der Waals surface area contributed by atoms with E-state index in [0.717, 1.165) is 19.0 Å². The summed E-state index contributed by atoms with van der Waals surface area (Å²) < 4.78 is 6.02. The fourth-order valence-electron chi connectivity index (χ4n) is 2.49. The third-order valence-electron chi connectivity index (χ3n) is 3.60. The van der Waals surface area contributed by atoms with Gasteiger partial charge in [0.1, 0.15) is 6.10 Å². The molecule has 1 N–H and O–H groups in total. The monoisotopic (exact) mass is 218 g/mol. The van der Waals surface area contributed by atoms with E-state index in [2.05, 4.69) is 16.4 Å². The molecule has 2 fully saturated rings. The maximum absolute atomic E-state index is 6.02. The highest BCUT2D eigenvalue weighted by atomic mass is 16.5. The van der Waals surface area contributed by atoms with Crippen molar-refractivity contribution in [2.75, 3.05) is 13.1 Å². The van der Waals surface area contributed by atoms with E-state index in [-0.39, 0.29) is 0 Å². The van der Waals surface area contributed by atoms with E-state index in [1.165, 1.54) is 31.2 Å². The minimum Gasteiger partial charge on any atom is -0.474 e. The van der Waals surface area contributed by atoms with Crippen molar-refractivity contribution in [1.29, 1.82) is 0 Å². The maximum atomic E-state index is 6.02. The molecule has 1 aliphatic carbocycles. The molecule has 0 unspecified atom stereocenters. The molecule has 2 heterocycles. The van der Waals surface area contributed by atoms with E-state index in [1.54, 1.807) is 0 Å². The van der Waals surface area contributed by atoms with Crippen LogP contribution in [0.2, 0.25) is 0 Å². The SMILES string of the molecule is c1cnc(OC2CCCC2)c(C2CNC2)c1. The molecule has 3 rings (SSSR count). The van der Waals surface area contributed by atoms with Gasteiger partial charge >= 0.3 is 0 Å². The van der Waals surface area contributed by atoms with E-state index in [4.69, 9.17) is 4.74 Å². The number of pyridine rings is 1. The fraction of sp³-hybridized carbons (Fsp3) is 0.615. The Labute approximate surface area is 96.2 Å². The van der Waals surface area contributed by atoms with Crippen molar-refractivity contribution in [3.8, 4) is 5.88 Å². The van der Waals surface area contributed by atoms with Crippen LogP contribution < -0.4 is 10.1 Å². The Kier molecular flexibility index (Phi) is 2.79. The van der Waals surface area contributed by atoms with Crippen molar-refractivity contribution >= 4 is 0 Å². The number of aromatic nitrogens is 1. The lowest BCUT2D eigenvalue weighted by molar-refractivity contribution is 0.196. The van der Waals surface area contributed by atoms with Gasteiger partial charge in [-0.1, -0.05) is 6.07 Å². The van der Waals surface area contributed by atoms with Crippen molar-refractivity contribution in [1.82, 2.24) is 10.3 Å². The van der Waals surface area contributed by atoms with Crippen molar-refractivity contribution in [2.24, 2.45) is 0 Å². The molecule has 1 aromatic heterocycles. The lowest BCUT2D eigenvalue weighted by Gasteiger charge is -2.29. The summed E-state index contributed by atoms with van der Waals surface area (Å²) in [5.41, 5.74) is 1.29. The predicted molar refractivity (Wildman–Crippen MR) is 62.7 cm³/mol. The van der Waals surface area contributed by atoms with Gasteiger partial charge in [-0.3, -0.25) is 0 Å². The van der Waals surface area contributed by atoms with Crippen molar-refractivity contribution < 1.29 is 4.74 Å². The Morgan fingerprint density at radius 2 is 2.06 bits per heavy atom. The van der Waals surface area contributed by atoms with Gasteiger partial charge in [-0.25, -0.2) is 4.98 Å². The van der Waals surface area contributed by atoms with E-state index in [9.17, 15) is 0 Å². The summed E-state index contributed by atoms with van der Waals surface area (Å²) in [6, 6.07) is 4.16. The van der Waals surface area contributed by atoms with Crippen molar-refractivity contribution in [3.05, 3.63) is 23.9 Å². The molecular weight excluding hydrogens is 200 g/mol.